The van der Waals surface area contributed by atoms with Crippen molar-refractivity contribution in [3.63, 3.8) is 0 Å². The molecule has 2 N–H and O–H groups in total. The Labute approximate surface area is 160 Å². The number of carbonyl (C=O) groups excluding carboxylic acids is 3. The van der Waals surface area contributed by atoms with Crippen molar-refractivity contribution in [3.8, 4) is 11.4 Å². The molecule has 27 heavy (non-hydrogen) atoms. The number of hydrogen-bond donors (Lipinski definition) is 2. The molecule has 0 bridgehead atoms. The topological polar surface area (TPSA) is 128 Å². The summed E-state index contributed by atoms with van der Waals surface area (Å²) < 4.78 is 4.79. The molecule has 0 saturated heterocycles. The Morgan fingerprint density at radius 1 is 1.26 bits per heavy atom. The number of aromatic nitrogens is 4. The lowest BCUT2D eigenvalue weighted by atomic mass is 10.2. The van der Waals surface area contributed by atoms with Crippen molar-refractivity contribution in [3.05, 3.63) is 29.3 Å². The predicted molar refractivity (Wildman–Crippen MR) is 95.6 cm³/mol. The molecule has 0 unspecified atom stereocenters. The summed E-state index contributed by atoms with van der Waals surface area (Å²) >= 11 is 5.82. The maximum Gasteiger partial charge on any atom is 0.330 e. The number of carbonyl (C=O) groups is 3. The predicted octanol–water partition coefficient (Wildman–Crippen LogP) is 1.16. The minimum absolute atomic E-state index is 0.0754. The fourth-order valence-corrected chi connectivity index (χ4v) is 1.98. The Morgan fingerprint density at radius 3 is 2.63 bits per heavy atom. The third kappa shape index (κ3) is 6.66. The molecule has 0 spiro atoms. The molecule has 0 fully saturated rings. The molecule has 1 aromatic carbocycles. The van der Waals surface area contributed by atoms with Crippen molar-refractivity contribution >= 4 is 29.5 Å². The molecular weight excluding hydrogens is 376 g/mol. The summed E-state index contributed by atoms with van der Waals surface area (Å²) in [5.74, 6) is -1.16. The van der Waals surface area contributed by atoms with Crippen molar-refractivity contribution in [1.82, 2.24) is 30.8 Å². The maximum absolute atomic E-state index is 11.8. The zero-order chi connectivity index (χ0) is 19.8. The first-order valence-corrected chi connectivity index (χ1v) is 8.55. The second-order valence-electron chi connectivity index (χ2n) is 5.64. The number of nitrogens with zero attached hydrogens (tertiary/aromatic N) is 4. The number of hydrogen-bond acceptors (Lipinski definition) is 7. The molecule has 0 aliphatic heterocycles. The zero-order valence-corrected chi connectivity index (χ0v) is 15.6. The van der Waals surface area contributed by atoms with E-state index in [0.717, 1.165) is 11.2 Å². The lowest BCUT2D eigenvalue weighted by Gasteiger charge is -2.11. The fraction of sp³-hybridized carbons (Fsp3) is 0.375. The minimum atomic E-state index is -0.743. The SMILES string of the molecule is CC[C@@H](C)NC(=O)NC(=O)COC(=O)Cn1nnc(-c2ccc(Cl)cc2)n1. The van der Waals surface area contributed by atoms with E-state index in [0.29, 0.717) is 16.4 Å². The van der Waals surface area contributed by atoms with Crippen LogP contribution in [0.3, 0.4) is 0 Å². The number of ether oxygens (including phenoxy) is 1. The van der Waals surface area contributed by atoms with Crippen molar-refractivity contribution in [2.75, 3.05) is 6.61 Å². The monoisotopic (exact) mass is 394 g/mol. The second kappa shape index (κ2) is 9.62. The van der Waals surface area contributed by atoms with E-state index in [1.807, 2.05) is 6.92 Å². The van der Waals surface area contributed by atoms with Crippen molar-refractivity contribution in [2.45, 2.75) is 32.9 Å². The van der Waals surface area contributed by atoms with Crippen LogP contribution in [0.1, 0.15) is 20.3 Å². The Balaban J connectivity index is 1.78. The van der Waals surface area contributed by atoms with Crippen LogP contribution < -0.4 is 10.6 Å². The summed E-state index contributed by atoms with van der Waals surface area (Å²) in [5.41, 5.74) is 0.686. The summed E-state index contributed by atoms with van der Waals surface area (Å²) in [4.78, 5) is 35.9. The number of nitrogens with one attached hydrogen (secondary N) is 2. The molecule has 2 rings (SSSR count). The van der Waals surface area contributed by atoms with Gasteiger partial charge in [0, 0.05) is 16.6 Å². The van der Waals surface area contributed by atoms with Crippen molar-refractivity contribution in [1.29, 1.82) is 0 Å². The quantitative estimate of drug-likeness (QED) is 0.674. The third-order valence-corrected chi connectivity index (χ3v) is 3.68. The van der Waals surface area contributed by atoms with Gasteiger partial charge in [0.2, 0.25) is 5.82 Å². The highest BCUT2D eigenvalue weighted by molar-refractivity contribution is 6.30. The number of urea groups is 1. The lowest BCUT2D eigenvalue weighted by Crippen LogP contribution is -2.44. The Bertz CT molecular complexity index is 807. The summed E-state index contributed by atoms with van der Waals surface area (Å²) in [5, 5.41) is 16.8. The van der Waals surface area contributed by atoms with Gasteiger partial charge in [0.05, 0.1) is 0 Å². The number of imide groups is 1. The molecule has 0 aliphatic rings. The van der Waals surface area contributed by atoms with Crippen LogP contribution in [0, 0.1) is 0 Å². The number of halogens is 1. The first-order valence-electron chi connectivity index (χ1n) is 8.17. The normalized spacial score (nSPS) is 11.5. The molecular formula is C16H19ClN6O4. The Kier molecular flexibility index (Phi) is 7.24. The fourth-order valence-electron chi connectivity index (χ4n) is 1.86. The molecule has 2 aromatic rings. The first-order chi connectivity index (χ1) is 12.9. The molecule has 10 nitrogen and oxygen atoms in total. The largest absolute Gasteiger partial charge is 0.454 e. The summed E-state index contributed by atoms with van der Waals surface area (Å²) in [6.07, 6.45) is 0.722. The maximum atomic E-state index is 11.8. The molecule has 0 radical (unpaired) electrons. The number of amides is 3. The van der Waals surface area contributed by atoms with Crippen molar-refractivity contribution < 1.29 is 19.1 Å². The van der Waals surface area contributed by atoms with E-state index in [-0.39, 0.29) is 12.6 Å². The van der Waals surface area contributed by atoms with E-state index in [1.165, 1.54) is 0 Å². The Morgan fingerprint density at radius 2 is 1.96 bits per heavy atom. The van der Waals surface area contributed by atoms with Gasteiger partial charge in [-0.25, -0.2) is 9.59 Å². The molecule has 1 aromatic heterocycles. The minimum Gasteiger partial charge on any atom is -0.454 e. The van der Waals surface area contributed by atoms with E-state index in [4.69, 9.17) is 16.3 Å². The highest BCUT2D eigenvalue weighted by Gasteiger charge is 2.14. The van der Waals surface area contributed by atoms with Crippen LogP contribution in [0.2, 0.25) is 5.02 Å². The average molecular weight is 395 g/mol. The van der Waals surface area contributed by atoms with Gasteiger partial charge in [0.25, 0.3) is 5.91 Å². The van der Waals surface area contributed by atoms with E-state index in [1.54, 1.807) is 31.2 Å². The van der Waals surface area contributed by atoms with E-state index in [2.05, 4.69) is 26.0 Å². The Hall–Kier alpha value is -3.01. The van der Waals surface area contributed by atoms with E-state index >= 15 is 0 Å². The van der Waals surface area contributed by atoms with Gasteiger partial charge in [-0.3, -0.25) is 10.1 Å². The van der Waals surface area contributed by atoms with Gasteiger partial charge in [-0.15, -0.1) is 10.2 Å². The van der Waals surface area contributed by atoms with E-state index < -0.39 is 24.5 Å². The number of benzene rings is 1. The zero-order valence-electron chi connectivity index (χ0n) is 14.8. The highest BCUT2D eigenvalue weighted by Crippen LogP contribution is 2.16. The van der Waals surface area contributed by atoms with Gasteiger partial charge in [-0.1, -0.05) is 18.5 Å². The smallest absolute Gasteiger partial charge is 0.330 e. The van der Waals surface area contributed by atoms with Gasteiger partial charge >= 0.3 is 12.0 Å². The van der Waals surface area contributed by atoms with Crippen LogP contribution in [0.5, 0.6) is 0 Å². The molecule has 144 valence electrons. The van der Waals surface area contributed by atoms with Crippen molar-refractivity contribution in [2.24, 2.45) is 0 Å². The van der Waals surface area contributed by atoms with Crippen LogP contribution in [0.25, 0.3) is 11.4 Å². The lowest BCUT2D eigenvalue weighted by molar-refractivity contribution is -0.149. The second-order valence-corrected chi connectivity index (χ2v) is 6.08. The van der Waals surface area contributed by atoms with Gasteiger partial charge in [-0.05, 0) is 42.8 Å². The standard InChI is InChI=1S/C16H19ClN6O4/c1-3-10(2)18-16(26)19-13(24)9-27-14(25)8-23-21-15(20-22-23)11-4-6-12(17)7-5-11/h4-7,10H,3,8-9H2,1-2H3,(H2,18,19,24,26)/t10-/m1/s1. The molecule has 0 saturated carbocycles. The molecule has 1 heterocycles. The number of tetrazole rings is 1. The van der Waals surface area contributed by atoms with Gasteiger partial charge in [-0.2, -0.15) is 4.80 Å². The summed E-state index contributed by atoms with van der Waals surface area (Å²) in [7, 11) is 0. The van der Waals surface area contributed by atoms with E-state index in [9.17, 15) is 14.4 Å². The molecule has 1 atom stereocenters. The van der Waals surface area contributed by atoms with Crippen LogP contribution in [0.4, 0.5) is 4.79 Å². The number of esters is 1. The number of rotatable bonds is 7. The van der Waals surface area contributed by atoms with Gasteiger partial charge in [0.1, 0.15) is 0 Å². The van der Waals surface area contributed by atoms with Gasteiger partial charge < -0.3 is 10.1 Å². The first kappa shape index (κ1) is 20.3. The summed E-state index contributed by atoms with van der Waals surface area (Å²) in [6.45, 7) is 2.77. The highest BCUT2D eigenvalue weighted by atomic mass is 35.5. The average Bonchev–Trinajstić information content (AvgIpc) is 3.08. The molecule has 0 aliphatic carbocycles. The molecule has 3 amide bonds. The van der Waals surface area contributed by atoms with Crippen LogP contribution in [-0.4, -0.2) is 50.8 Å². The molecule has 11 heteroatoms. The van der Waals surface area contributed by atoms with Gasteiger partial charge in [0.15, 0.2) is 13.2 Å². The third-order valence-electron chi connectivity index (χ3n) is 3.43. The van der Waals surface area contributed by atoms with Crippen LogP contribution >= 0.6 is 11.6 Å². The van der Waals surface area contributed by atoms with Crippen LogP contribution in [-0.2, 0) is 20.9 Å². The van der Waals surface area contributed by atoms with Crippen LogP contribution in [0.15, 0.2) is 24.3 Å². The summed E-state index contributed by atoms with van der Waals surface area (Å²) in [6, 6.07) is 6.08.